The van der Waals surface area contributed by atoms with Crippen LogP contribution < -0.4 is 5.32 Å². The van der Waals surface area contributed by atoms with Crippen LogP contribution in [-0.4, -0.2) is 73.4 Å². The van der Waals surface area contributed by atoms with Crippen LogP contribution in [0.1, 0.15) is 94.5 Å². The maximum Gasteiger partial charge on any atom is 0.290 e. The molecule has 2 fully saturated rings. The number of nitrogens with one attached hydrogen (secondary N) is 3. The second-order valence-electron chi connectivity index (χ2n) is 10.5. The molecule has 3 N–H and O–H groups in total. The summed E-state index contributed by atoms with van der Waals surface area (Å²) in [6.07, 6.45) is 19.1. The second-order valence-corrected chi connectivity index (χ2v) is 10.5. The number of amides is 1. The predicted molar refractivity (Wildman–Crippen MR) is 139 cm³/mol. The van der Waals surface area contributed by atoms with E-state index in [9.17, 15) is 4.79 Å². The van der Waals surface area contributed by atoms with E-state index in [1.807, 2.05) is 11.1 Å². The Bertz CT molecular complexity index is 831. The van der Waals surface area contributed by atoms with Gasteiger partial charge in [0.05, 0.1) is 6.54 Å². The number of hydrogen-bond acceptors (Lipinski definition) is 5. The summed E-state index contributed by atoms with van der Waals surface area (Å²) in [5.41, 5.74) is 0. The van der Waals surface area contributed by atoms with Crippen molar-refractivity contribution in [3.05, 3.63) is 36.4 Å². The van der Waals surface area contributed by atoms with Crippen molar-refractivity contribution in [2.75, 3.05) is 19.6 Å². The molecule has 1 amide bonds. The maximum absolute atomic E-state index is 13.2. The zero-order valence-electron chi connectivity index (χ0n) is 21.7. The van der Waals surface area contributed by atoms with Crippen molar-refractivity contribution < 1.29 is 4.79 Å². The van der Waals surface area contributed by atoms with E-state index >= 15 is 0 Å². The molecule has 0 spiro atoms. The van der Waals surface area contributed by atoms with Crippen molar-refractivity contribution in [3.63, 3.8) is 0 Å². The molecule has 4 rings (SSSR count). The summed E-state index contributed by atoms with van der Waals surface area (Å²) in [7, 11) is 0. The first-order chi connectivity index (χ1) is 17.2. The third kappa shape index (κ3) is 7.17. The van der Waals surface area contributed by atoms with Gasteiger partial charge in [-0.1, -0.05) is 13.8 Å². The Hall–Kier alpha value is -2.19. The SMILES string of the molecule is CCCN(CCC)[C@H]1CC[C@H](NCC2CCC(N(Cc3ncc[nH]3)C(=O)c3ncc[nH]3)CC2)CC1. The van der Waals surface area contributed by atoms with E-state index in [1.54, 1.807) is 18.6 Å². The van der Waals surface area contributed by atoms with Crippen LogP contribution in [0.3, 0.4) is 0 Å². The molecular weight excluding hydrogens is 438 g/mol. The highest BCUT2D eigenvalue weighted by atomic mass is 16.2. The lowest BCUT2D eigenvalue weighted by Gasteiger charge is -2.39. The summed E-state index contributed by atoms with van der Waals surface area (Å²) in [4.78, 5) is 32.6. The quantitative estimate of drug-likeness (QED) is 0.417. The molecule has 194 valence electrons. The first kappa shape index (κ1) is 25.9. The van der Waals surface area contributed by atoms with E-state index in [0.717, 1.165) is 44.1 Å². The second kappa shape index (κ2) is 13.2. The van der Waals surface area contributed by atoms with Crippen LogP contribution in [0.4, 0.5) is 0 Å². The monoisotopic (exact) mass is 483 g/mol. The number of hydrogen-bond donors (Lipinski definition) is 3. The molecular formula is C27H45N7O. The molecule has 0 aliphatic heterocycles. The van der Waals surface area contributed by atoms with Crippen LogP contribution in [-0.2, 0) is 6.54 Å². The zero-order valence-corrected chi connectivity index (χ0v) is 21.7. The molecule has 2 aliphatic carbocycles. The lowest BCUT2D eigenvalue weighted by molar-refractivity contribution is 0.0568. The largest absolute Gasteiger partial charge is 0.347 e. The van der Waals surface area contributed by atoms with Crippen LogP contribution in [0.5, 0.6) is 0 Å². The minimum Gasteiger partial charge on any atom is -0.347 e. The Morgan fingerprint density at radius 3 is 2.17 bits per heavy atom. The fourth-order valence-corrected chi connectivity index (χ4v) is 6.12. The van der Waals surface area contributed by atoms with Gasteiger partial charge in [0, 0.05) is 42.9 Å². The van der Waals surface area contributed by atoms with E-state index < -0.39 is 0 Å². The molecule has 0 aromatic carbocycles. The highest BCUT2D eigenvalue weighted by molar-refractivity contribution is 5.90. The Morgan fingerprint density at radius 2 is 1.57 bits per heavy atom. The van der Waals surface area contributed by atoms with Gasteiger partial charge in [-0.15, -0.1) is 0 Å². The summed E-state index contributed by atoms with van der Waals surface area (Å²) in [5.74, 6) is 1.89. The Morgan fingerprint density at radius 1 is 0.914 bits per heavy atom. The van der Waals surface area contributed by atoms with Crippen molar-refractivity contribution >= 4 is 5.91 Å². The Balaban J connectivity index is 1.22. The van der Waals surface area contributed by atoms with Crippen LogP contribution in [0, 0.1) is 5.92 Å². The van der Waals surface area contributed by atoms with Crippen molar-refractivity contribution in [1.82, 2.24) is 35.1 Å². The van der Waals surface area contributed by atoms with Crippen molar-refractivity contribution in [1.29, 1.82) is 0 Å². The minimum absolute atomic E-state index is 0.0371. The van der Waals surface area contributed by atoms with E-state index in [4.69, 9.17) is 0 Å². The van der Waals surface area contributed by atoms with Crippen LogP contribution in [0.15, 0.2) is 24.8 Å². The molecule has 0 atom stereocenters. The van der Waals surface area contributed by atoms with E-state index in [2.05, 4.69) is 44.0 Å². The van der Waals surface area contributed by atoms with Crippen LogP contribution in [0.2, 0.25) is 0 Å². The first-order valence-corrected chi connectivity index (χ1v) is 13.9. The molecule has 2 aromatic rings. The van der Waals surface area contributed by atoms with E-state index in [1.165, 1.54) is 51.6 Å². The van der Waals surface area contributed by atoms with Crippen molar-refractivity contribution in [3.8, 4) is 0 Å². The van der Waals surface area contributed by atoms with Gasteiger partial charge in [0.1, 0.15) is 5.82 Å². The summed E-state index contributed by atoms with van der Waals surface area (Å²) < 4.78 is 0. The van der Waals surface area contributed by atoms with Gasteiger partial charge in [0.2, 0.25) is 0 Å². The number of imidazole rings is 2. The van der Waals surface area contributed by atoms with Gasteiger partial charge in [-0.05, 0) is 89.8 Å². The first-order valence-electron chi connectivity index (χ1n) is 13.9. The average Bonchev–Trinajstić information content (AvgIpc) is 3.61. The fraction of sp³-hybridized carbons (Fsp3) is 0.741. The highest BCUT2D eigenvalue weighted by Crippen LogP contribution is 2.30. The number of carbonyl (C=O) groups is 1. The normalized spacial score (nSPS) is 25.1. The molecule has 8 nitrogen and oxygen atoms in total. The molecule has 2 aliphatic rings. The smallest absolute Gasteiger partial charge is 0.290 e. The standard InChI is InChI=1S/C27H45N7O/c1-3-17-33(18-4-2)23-11-7-22(8-12-23)32-19-21-5-9-24(10-6-21)34(20-25-28-13-14-29-25)27(35)26-30-15-16-31-26/h13-16,21-24,32H,3-12,17-20H2,1-2H3,(H,28,29)(H,30,31)/t21?,22-,23-,24?. The van der Waals surface area contributed by atoms with Gasteiger partial charge >= 0.3 is 0 Å². The number of nitrogens with zero attached hydrogens (tertiary/aromatic N) is 4. The highest BCUT2D eigenvalue weighted by Gasteiger charge is 2.32. The molecule has 0 bridgehead atoms. The molecule has 8 heteroatoms. The van der Waals surface area contributed by atoms with E-state index in [-0.39, 0.29) is 11.9 Å². The Kier molecular flexibility index (Phi) is 9.77. The molecule has 0 saturated heterocycles. The third-order valence-corrected chi connectivity index (χ3v) is 8.02. The molecule has 35 heavy (non-hydrogen) atoms. The summed E-state index contributed by atoms with van der Waals surface area (Å²) in [5, 5.41) is 3.91. The lowest BCUT2D eigenvalue weighted by atomic mass is 9.84. The number of aromatic nitrogens is 4. The van der Waals surface area contributed by atoms with Gasteiger partial charge in [0.15, 0.2) is 5.82 Å². The molecule has 0 radical (unpaired) electrons. The predicted octanol–water partition coefficient (Wildman–Crippen LogP) is 4.36. The third-order valence-electron chi connectivity index (χ3n) is 8.02. The Labute approximate surface area is 210 Å². The summed E-state index contributed by atoms with van der Waals surface area (Å²) in [6.45, 7) is 8.70. The number of H-pyrrole nitrogens is 2. The fourth-order valence-electron chi connectivity index (χ4n) is 6.12. The van der Waals surface area contributed by atoms with Gasteiger partial charge in [-0.25, -0.2) is 9.97 Å². The van der Waals surface area contributed by atoms with E-state index in [0.29, 0.717) is 24.3 Å². The maximum atomic E-state index is 13.2. The van der Waals surface area contributed by atoms with Gasteiger partial charge in [0.25, 0.3) is 5.91 Å². The average molecular weight is 484 g/mol. The van der Waals surface area contributed by atoms with Crippen LogP contribution >= 0.6 is 0 Å². The topological polar surface area (TPSA) is 92.9 Å². The molecule has 2 heterocycles. The van der Waals surface area contributed by atoms with Gasteiger partial charge in [-0.2, -0.15) is 0 Å². The number of carbonyl (C=O) groups excluding carboxylic acids is 1. The van der Waals surface area contributed by atoms with Gasteiger partial charge < -0.3 is 25.1 Å². The number of aromatic amines is 2. The summed E-state index contributed by atoms with van der Waals surface area (Å²) in [6, 6.07) is 1.69. The van der Waals surface area contributed by atoms with Crippen LogP contribution in [0.25, 0.3) is 0 Å². The molecule has 2 saturated carbocycles. The van der Waals surface area contributed by atoms with Crippen molar-refractivity contribution in [2.24, 2.45) is 5.92 Å². The molecule has 0 unspecified atom stereocenters. The lowest BCUT2D eigenvalue weighted by Crippen LogP contribution is -2.45. The molecule has 2 aromatic heterocycles. The zero-order chi connectivity index (χ0) is 24.5. The summed E-state index contributed by atoms with van der Waals surface area (Å²) >= 11 is 0. The number of rotatable bonds is 12. The van der Waals surface area contributed by atoms with Crippen molar-refractivity contribution in [2.45, 2.75) is 103 Å². The van der Waals surface area contributed by atoms with Gasteiger partial charge in [-0.3, -0.25) is 4.79 Å². The minimum atomic E-state index is -0.0371.